The van der Waals surface area contributed by atoms with E-state index in [1.807, 2.05) is 13.0 Å². The van der Waals surface area contributed by atoms with Gasteiger partial charge in [-0.05, 0) is 24.3 Å². The molecule has 84 valence electrons. The van der Waals surface area contributed by atoms with Crippen LogP contribution in [0.3, 0.4) is 0 Å². The topological polar surface area (TPSA) is 84.7 Å². The van der Waals surface area contributed by atoms with E-state index in [1.54, 1.807) is 12.1 Å². The van der Waals surface area contributed by atoms with Gasteiger partial charge >= 0.3 is 0 Å². The molecule has 3 aromatic rings. The molecule has 0 saturated heterocycles. The molecular weight excluding hydrogens is 220 g/mol. The lowest BCUT2D eigenvalue weighted by Crippen LogP contribution is -2.01. The summed E-state index contributed by atoms with van der Waals surface area (Å²) in [5.74, 6) is 0.574. The molecule has 1 N–H and O–H groups in total. The monoisotopic (exact) mass is 228 g/mol. The van der Waals surface area contributed by atoms with Gasteiger partial charge in [0.1, 0.15) is 5.58 Å². The molecule has 0 fully saturated rings. The lowest BCUT2D eigenvalue weighted by molar-refractivity contribution is 0.612. The second-order valence-electron chi connectivity index (χ2n) is 3.71. The molecule has 0 aliphatic carbocycles. The number of hydrogen-bond donors (Lipinski definition) is 1. The van der Waals surface area contributed by atoms with Crippen LogP contribution in [0.1, 0.15) is 5.56 Å². The lowest BCUT2D eigenvalue weighted by Gasteiger charge is -2.00. The number of aromatic amines is 1. The van der Waals surface area contributed by atoms with Crippen LogP contribution in [-0.4, -0.2) is 20.6 Å². The van der Waals surface area contributed by atoms with Gasteiger partial charge in [-0.3, -0.25) is 4.79 Å². The summed E-state index contributed by atoms with van der Waals surface area (Å²) in [7, 11) is 0. The van der Waals surface area contributed by atoms with Crippen molar-refractivity contribution in [2.24, 2.45) is 0 Å². The third-order valence-corrected chi connectivity index (χ3v) is 2.45. The zero-order chi connectivity index (χ0) is 11.8. The summed E-state index contributed by atoms with van der Waals surface area (Å²) in [4.78, 5) is 11.9. The number of tetrazole rings is 1. The molecule has 6 heteroatoms. The molecule has 0 bridgehead atoms. The summed E-state index contributed by atoms with van der Waals surface area (Å²) in [5, 5.41) is 13.8. The van der Waals surface area contributed by atoms with E-state index in [1.165, 1.54) is 6.07 Å². The molecule has 0 amide bonds. The van der Waals surface area contributed by atoms with Gasteiger partial charge in [-0.1, -0.05) is 11.6 Å². The zero-order valence-electron chi connectivity index (χ0n) is 8.97. The normalized spacial score (nSPS) is 10.9. The van der Waals surface area contributed by atoms with E-state index in [-0.39, 0.29) is 11.3 Å². The van der Waals surface area contributed by atoms with Crippen molar-refractivity contribution in [2.45, 2.75) is 6.92 Å². The predicted octanol–water partition coefficient (Wildman–Crippen LogP) is 1.28. The minimum atomic E-state index is -0.116. The van der Waals surface area contributed by atoms with Crippen molar-refractivity contribution in [2.75, 3.05) is 0 Å². The van der Waals surface area contributed by atoms with Crippen LogP contribution in [-0.2, 0) is 0 Å². The van der Waals surface area contributed by atoms with Crippen LogP contribution in [0.5, 0.6) is 0 Å². The van der Waals surface area contributed by atoms with Gasteiger partial charge in [0.05, 0.1) is 5.39 Å². The summed E-state index contributed by atoms with van der Waals surface area (Å²) in [6.45, 7) is 1.92. The van der Waals surface area contributed by atoms with Gasteiger partial charge in [0.25, 0.3) is 0 Å². The van der Waals surface area contributed by atoms with Crippen molar-refractivity contribution in [1.82, 2.24) is 20.6 Å². The minimum absolute atomic E-state index is 0.116. The first kappa shape index (κ1) is 9.71. The van der Waals surface area contributed by atoms with E-state index in [0.29, 0.717) is 16.7 Å². The van der Waals surface area contributed by atoms with Gasteiger partial charge in [0.2, 0.25) is 5.82 Å². The van der Waals surface area contributed by atoms with Crippen LogP contribution in [0.4, 0.5) is 0 Å². The number of nitrogens with zero attached hydrogens (tertiary/aromatic N) is 3. The van der Waals surface area contributed by atoms with Gasteiger partial charge in [0.15, 0.2) is 11.2 Å². The van der Waals surface area contributed by atoms with Crippen molar-refractivity contribution in [1.29, 1.82) is 0 Å². The summed E-state index contributed by atoms with van der Waals surface area (Å²) in [6, 6.07) is 6.80. The Morgan fingerprint density at radius 3 is 2.94 bits per heavy atom. The van der Waals surface area contributed by atoms with Crippen molar-refractivity contribution in [3.05, 3.63) is 40.1 Å². The average Bonchev–Trinajstić information content (AvgIpc) is 2.83. The third kappa shape index (κ3) is 1.59. The summed E-state index contributed by atoms with van der Waals surface area (Å²) in [6.07, 6.45) is 0. The van der Waals surface area contributed by atoms with E-state index < -0.39 is 0 Å². The zero-order valence-corrected chi connectivity index (χ0v) is 8.97. The molecule has 1 aromatic carbocycles. The summed E-state index contributed by atoms with van der Waals surface area (Å²) >= 11 is 0. The Bertz CT molecular complexity index is 731. The van der Waals surface area contributed by atoms with Crippen LogP contribution in [0.2, 0.25) is 0 Å². The maximum Gasteiger partial charge on any atom is 0.239 e. The highest BCUT2D eigenvalue weighted by Gasteiger charge is 2.10. The third-order valence-electron chi connectivity index (χ3n) is 2.45. The number of benzene rings is 1. The average molecular weight is 228 g/mol. The molecule has 6 nitrogen and oxygen atoms in total. The number of hydrogen-bond acceptors (Lipinski definition) is 5. The number of aromatic nitrogens is 4. The second kappa shape index (κ2) is 3.51. The molecule has 0 radical (unpaired) electrons. The van der Waals surface area contributed by atoms with E-state index in [2.05, 4.69) is 20.6 Å². The highest BCUT2D eigenvalue weighted by atomic mass is 16.3. The van der Waals surface area contributed by atoms with Crippen molar-refractivity contribution in [3.63, 3.8) is 0 Å². The van der Waals surface area contributed by atoms with Crippen molar-refractivity contribution in [3.8, 4) is 11.6 Å². The summed E-state index contributed by atoms with van der Waals surface area (Å²) < 4.78 is 5.56. The fourth-order valence-corrected chi connectivity index (χ4v) is 1.65. The van der Waals surface area contributed by atoms with Crippen LogP contribution < -0.4 is 5.43 Å². The Kier molecular flexibility index (Phi) is 2.01. The Morgan fingerprint density at radius 2 is 2.18 bits per heavy atom. The Labute approximate surface area is 95.3 Å². The maximum absolute atomic E-state index is 11.9. The lowest BCUT2D eigenvalue weighted by atomic mass is 10.1. The molecular formula is C11H8N4O2. The van der Waals surface area contributed by atoms with Crippen molar-refractivity contribution >= 4 is 11.0 Å². The molecule has 0 saturated carbocycles. The molecule has 2 aromatic heterocycles. The first-order valence-corrected chi connectivity index (χ1v) is 5.02. The van der Waals surface area contributed by atoms with Gasteiger partial charge in [0, 0.05) is 6.07 Å². The van der Waals surface area contributed by atoms with Crippen LogP contribution >= 0.6 is 0 Å². The van der Waals surface area contributed by atoms with Gasteiger partial charge in [-0.2, -0.15) is 5.21 Å². The SMILES string of the molecule is Cc1ccc2oc(-c3nn[nH]n3)cc(=O)c2c1. The van der Waals surface area contributed by atoms with E-state index >= 15 is 0 Å². The fraction of sp³-hybridized carbons (Fsp3) is 0.0909. The first-order chi connectivity index (χ1) is 8.24. The molecule has 17 heavy (non-hydrogen) atoms. The van der Waals surface area contributed by atoms with Gasteiger partial charge in [-0.15, -0.1) is 10.2 Å². The van der Waals surface area contributed by atoms with E-state index in [0.717, 1.165) is 5.56 Å². The molecule has 0 atom stereocenters. The summed E-state index contributed by atoms with van der Waals surface area (Å²) in [5.41, 5.74) is 1.41. The van der Waals surface area contributed by atoms with Crippen LogP contribution in [0.25, 0.3) is 22.6 Å². The highest BCUT2D eigenvalue weighted by Crippen LogP contribution is 2.18. The van der Waals surface area contributed by atoms with Crippen LogP contribution in [0, 0.1) is 6.92 Å². The maximum atomic E-state index is 11.9. The number of aryl methyl sites for hydroxylation is 1. The second-order valence-corrected chi connectivity index (χ2v) is 3.71. The molecule has 3 rings (SSSR count). The number of fused-ring (bicyclic) bond motifs is 1. The molecule has 2 heterocycles. The largest absolute Gasteiger partial charge is 0.452 e. The van der Waals surface area contributed by atoms with Crippen LogP contribution in [0.15, 0.2) is 33.5 Å². The Morgan fingerprint density at radius 1 is 1.29 bits per heavy atom. The quantitative estimate of drug-likeness (QED) is 0.678. The van der Waals surface area contributed by atoms with E-state index in [9.17, 15) is 4.79 Å². The van der Waals surface area contributed by atoms with E-state index in [4.69, 9.17) is 4.42 Å². The molecule has 0 spiro atoms. The minimum Gasteiger partial charge on any atom is -0.452 e. The first-order valence-electron chi connectivity index (χ1n) is 5.02. The van der Waals surface area contributed by atoms with Gasteiger partial charge in [-0.25, -0.2) is 0 Å². The molecule has 0 unspecified atom stereocenters. The number of nitrogens with one attached hydrogen (secondary N) is 1. The smallest absolute Gasteiger partial charge is 0.239 e. The van der Waals surface area contributed by atoms with Gasteiger partial charge < -0.3 is 4.42 Å². The number of rotatable bonds is 1. The number of H-pyrrole nitrogens is 1. The predicted molar refractivity (Wildman–Crippen MR) is 60.4 cm³/mol. The Balaban J connectivity index is 2.32. The Hall–Kier alpha value is -2.50. The molecule has 0 aliphatic rings. The fourth-order valence-electron chi connectivity index (χ4n) is 1.65. The molecule has 0 aliphatic heterocycles. The standard InChI is InChI=1S/C11H8N4O2/c1-6-2-3-9-7(4-6)8(16)5-10(17-9)11-12-14-15-13-11/h2-5H,1H3,(H,12,13,14,15). The van der Waals surface area contributed by atoms with Crippen molar-refractivity contribution < 1.29 is 4.42 Å². The highest BCUT2D eigenvalue weighted by molar-refractivity contribution is 5.78.